The summed E-state index contributed by atoms with van der Waals surface area (Å²) in [5.41, 5.74) is -1.51. The van der Waals surface area contributed by atoms with Gasteiger partial charge < -0.3 is 109 Å². The van der Waals surface area contributed by atoms with Crippen molar-refractivity contribution in [1.82, 2.24) is 0 Å². The SMILES string of the molecule is CC(C)=CCC[C@](C)(O[C@@H]1OC(OC[C@@H]2OC[C@H](O)[C@@H](O)C2O)[C@@H](O)[C@@H](O)C1O)[C@H]1CC[C@]2(C)[C@@H]1[C@H](O)C[C@@H]1[C@@]3(C)CC[C@H](O[C@@H]4OC(CO)[C@@H](O)[C@@H](O)C4O[C@@H]4OC(CO)[C@@H](O)[C@@H](O)C4O)C(C)(C)[C@@H]3CC[C@]12C. The van der Waals surface area contributed by atoms with Crippen molar-refractivity contribution >= 4 is 0 Å². The fraction of sp³-hybridized carbons (Fsp3) is 0.962. The highest BCUT2D eigenvalue weighted by molar-refractivity contribution is 5.20. The van der Waals surface area contributed by atoms with Gasteiger partial charge in [0.1, 0.15) is 91.6 Å². The van der Waals surface area contributed by atoms with E-state index >= 15 is 0 Å². The van der Waals surface area contributed by atoms with E-state index in [9.17, 15) is 71.5 Å². The number of fused-ring (bicyclic) bond motifs is 5. The maximum absolute atomic E-state index is 12.8. The van der Waals surface area contributed by atoms with Gasteiger partial charge >= 0.3 is 0 Å². The zero-order valence-electron chi connectivity index (χ0n) is 44.7. The Morgan fingerprint density at radius 3 is 1.83 bits per heavy atom. The van der Waals surface area contributed by atoms with Gasteiger partial charge in [-0.15, -0.1) is 0 Å². The highest BCUT2D eigenvalue weighted by Crippen LogP contribution is 2.76. The standard InChI is InChI=1S/C53H90O22/c1-23(2)10-9-14-53(8,75-47-43(67)39(63)41(65)45(74-47)69-22-29-37(61)34(58)26(57)21-68-29)24-11-16-52(7)33(24)25(56)18-31-50(5)15-13-32(49(3,4)30(50)12-17-51(31,52)6)72-48-44(40(64)36(60)28(20-55)71-48)73-46-42(66)38(62)35(59)27(19-54)70-46/h10,24-48,54-67H,9,11-22H2,1-8H3/t24-,25+,26-,27?,28?,29-,30-,31+,32-,33-,34+,35+,36+,37?,38+,39+,40+,41-,42?,43?,44?,45?,46-,47-,48-,50-,51+,52+,53-/m0/s1. The summed E-state index contributed by atoms with van der Waals surface area (Å²) in [6, 6.07) is 0. The first kappa shape index (κ1) is 60.0. The van der Waals surface area contributed by atoms with E-state index in [4.69, 9.17) is 37.9 Å². The number of rotatable bonds is 15. The van der Waals surface area contributed by atoms with Crippen LogP contribution in [0.3, 0.4) is 0 Å². The number of allylic oxidation sites excluding steroid dienone is 2. The van der Waals surface area contributed by atoms with Crippen LogP contribution in [0.2, 0.25) is 0 Å². The Hall–Kier alpha value is -1.14. The van der Waals surface area contributed by atoms with Crippen molar-refractivity contribution in [2.24, 2.45) is 45.3 Å². The quantitative estimate of drug-likeness (QED) is 0.0651. The molecule has 0 radical (unpaired) electrons. The van der Waals surface area contributed by atoms with Crippen LogP contribution in [-0.2, 0) is 37.9 Å². The second-order valence-corrected chi connectivity index (χ2v) is 25.3. The minimum atomic E-state index is -1.81. The molecule has 4 saturated carbocycles. The first-order chi connectivity index (χ1) is 35.1. The normalized spacial score (nSPS) is 52.7. The molecular weight excluding hydrogens is 989 g/mol. The molecule has 0 spiro atoms. The lowest BCUT2D eigenvalue weighted by Crippen LogP contribution is -2.68. The molecule has 0 amide bonds. The van der Waals surface area contributed by atoms with E-state index in [1.165, 1.54) is 0 Å². The second-order valence-electron chi connectivity index (χ2n) is 25.3. The molecule has 0 aromatic carbocycles. The Morgan fingerprint density at radius 2 is 1.17 bits per heavy atom. The lowest BCUT2D eigenvalue weighted by atomic mass is 9.35. The largest absolute Gasteiger partial charge is 0.394 e. The molecule has 4 heterocycles. The molecule has 434 valence electrons. The molecule has 7 unspecified atom stereocenters. The number of aliphatic hydroxyl groups excluding tert-OH is 14. The summed E-state index contributed by atoms with van der Waals surface area (Å²) in [7, 11) is 0. The predicted molar refractivity (Wildman–Crippen MR) is 260 cm³/mol. The van der Waals surface area contributed by atoms with Crippen LogP contribution in [0.25, 0.3) is 0 Å². The number of aliphatic hydroxyl groups is 14. The monoisotopic (exact) mass is 1080 g/mol. The van der Waals surface area contributed by atoms with Crippen molar-refractivity contribution in [3.05, 3.63) is 11.6 Å². The smallest absolute Gasteiger partial charge is 0.189 e. The number of ether oxygens (including phenoxy) is 8. The molecule has 0 aromatic heterocycles. The van der Waals surface area contributed by atoms with Gasteiger partial charge in [-0.2, -0.15) is 0 Å². The van der Waals surface area contributed by atoms with Gasteiger partial charge in [-0.3, -0.25) is 0 Å². The topological polar surface area (TPSA) is 357 Å². The number of hydrogen-bond donors (Lipinski definition) is 14. The van der Waals surface area contributed by atoms with Crippen molar-refractivity contribution in [3.8, 4) is 0 Å². The molecule has 8 aliphatic rings. The zero-order valence-corrected chi connectivity index (χ0v) is 44.7. The molecule has 4 aliphatic carbocycles. The fourth-order valence-electron chi connectivity index (χ4n) is 16.0. The van der Waals surface area contributed by atoms with Crippen molar-refractivity contribution in [1.29, 1.82) is 0 Å². The lowest BCUT2D eigenvalue weighted by Gasteiger charge is -2.71. The first-order valence-electron chi connectivity index (χ1n) is 27.3. The van der Waals surface area contributed by atoms with Crippen molar-refractivity contribution in [2.75, 3.05) is 26.4 Å². The van der Waals surface area contributed by atoms with Crippen molar-refractivity contribution in [2.45, 2.75) is 248 Å². The maximum atomic E-state index is 12.8. The van der Waals surface area contributed by atoms with Crippen LogP contribution in [-0.4, -0.2) is 232 Å². The van der Waals surface area contributed by atoms with E-state index < -0.39 is 165 Å². The van der Waals surface area contributed by atoms with Crippen LogP contribution in [0.4, 0.5) is 0 Å². The Labute approximate surface area is 439 Å². The van der Waals surface area contributed by atoms with Gasteiger partial charge in [-0.1, -0.05) is 46.3 Å². The summed E-state index contributed by atoms with van der Waals surface area (Å²) in [5.74, 6) is -0.415. The van der Waals surface area contributed by atoms with Crippen molar-refractivity contribution in [3.63, 3.8) is 0 Å². The van der Waals surface area contributed by atoms with Gasteiger partial charge in [0.15, 0.2) is 25.2 Å². The van der Waals surface area contributed by atoms with Gasteiger partial charge in [0.25, 0.3) is 0 Å². The molecule has 4 aliphatic heterocycles. The highest BCUT2D eigenvalue weighted by atomic mass is 16.8. The summed E-state index contributed by atoms with van der Waals surface area (Å²) >= 11 is 0. The van der Waals surface area contributed by atoms with Crippen LogP contribution < -0.4 is 0 Å². The van der Waals surface area contributed by atoms with E-state index in [0.717, 1.165) is 24.8 Å². The predicted octanol–water partition coefficient (Wildman–Crippen LogP) is -1.56. The van der Waals surface area contributed by atoms with E-state index in [0.29, 0.717) is 38.5 Å². The maximum Gasteiger partial charge on any atom is 0.189 e. The Balaban J connectivity index is 1.01. The second kappa shape index (κ2) is 22.7. The molecule has 8 fully saturated rings. The van der Waals surface area contributed by atoms with E-state index in [1.807, 2.05) is 20.8 Å². The molecule has 8 rings (SSSR count). The number of hydrogen-bond acceptors (Lipinski definition) is 22. The zero-order chi connectivity index (χ0) is 55.1. The van der Waals surface area contributed by atoms with Gasteiger partial charge in [-0.25, -0.2) is 0 Å². The van der Waals surface area contributed by atoms with Gasteiger partial charge in [0.05, 0.1) is 44.2 Å². The molecule has 29 atom stereocenters. The minimum Gasteiger partial charge on any atom is -0.394 e. The van der Waals surface area contributed by atoms with Crippen molar-refractivity contribution < 1.29 is 109 Å². The van der Waals surface area contributed by atoms with E-state index in [1.54, 1.807) is 0 Å². The molecule has 22 heteroatoms. The Bertz CT molecular complexity index is 1940. The molecular formula is C53H90O22. The molecule has 14 N–H and O–H groups in total. The van der Waals surface area contributed by atoms with Gasteiger partial charge in [-0.05, 0) is 124 Å². The molecule has 4 saturated heterocycles. The lowest BCUT2D eigenvalue weighted by molar-refractivity contribution is -0.379. The minimum absolute atomic E-state index is 0.0492. The summed E-state index contributed by atoms with van der Waals surface area (Å²) in [4.78, 5) is 0. The molecule has 75 heavy (non-hydrogen) atoms. The molecule has 22 nitrogen and oxygen atoms in total. The van der Waals surface area contributed by atoms with E-state index in [-0.39, 0.29) is 41.1 Å². The average Bonchev–Trinajstić information content (AvgIpc) is 3.75. The van der Waals surface area contributed by atoms with Crippen LogP contribution in [0.15, 0.2) is 11.6 Å². The van der Waals surface area contributed by atoms with Gasteiger partial charge in [0, 0.05) is 0 Å². The van der Waals surface area contributed by atoms with Gasteiger partial charge in [0.2, 0.25) is 0 Å². The Kier molecular flexibility index (Phi) is 18.1. The van der Waals surface area contributed by atoms with Crippen LogP contribution >= 0.6 is 0 Å². The third-order valence-corrected chi connectivity index (χ3v) is 20.5. The summed E-state index contributed by atoms with van der Waals surface area (Å²) in [6.07, 6.45) is -22.7. The Morgan fingerprint density at radius 1 is 0.587 bits per heavy atom. The fourth-order valence-corrected chi connectivity index (χ4v) is 16.0. The summed E-state index contributed by atoms with van der Waals surface area (Å²) < 4.78 is 48.9. The third kappa shape index (κ3) is 10.6. The highest BCUT2D eigenvalue weighted by Gasteiger charge is 2.72. The molecule has 0 aromatic rings. The third-order valence-electron chi connectivity index (χ3n) is 20.5. The van der Waals surface area contributed by atoms with Crippen LogP contribution in [0, 0.1) is 45.3 Å². The van der Waals surface area contributed by atoms with E-state index in [2.05, 4.69) is 40.7 Å². The first-order valence-corrected chi connectivity index (χ1v) is 27.3. The molecule has 0 bridgehead atoms. The summed E-state index contributed by atoms with van der Waals surface area (Å²) in [5, 5.41) is 151. The van der Waals surface area contributed by atoms with Crippen LogP contribution in [0.5, 0.6) is 0 Å². The average molecular weight is 1080 g/mol. The summed E-state index contributed by atoms with van der Waals surface area (Å²) in [6.45, 7) is 15.2. The van der Waals surface area contributed by atoms with Crippen LogP contribution in [0.1, 0.15) is 113 Å².